The zero-order valence-electron chi connectivity index (χ0n) is 14.7. The van der Waals surface area contributed by atoms with Crippen LogP contribution in [0.4, 0.5) is 24.7 Å². The highest BCUT2D eigenvalue weighted by atomic mass is 19.2. The van der Waals surface area contributed by atoms with Crippen molar-refractivity contribution in [3.63, 3.8) is 0 Å². The molecule has 0 unspecified atom stereocenters. The van der Waals surface area contributed by atoms with Crippen LogP contribution >= 0.6 is 0 Å². The summed E-state index contributed by atoms with van der Waals surface area (Å²) in [5.74, 6) is -4.49. The molecule has 1 aliphatic carbocycles. The molecule has 0 radical (unpaired) electrons. The molecular formula is C20H20F3N3O. The third-order valence-corrected chi connectivity index (χ3v) is 4.44. The Morgan fingerprint density at radius 3 is 2.74 bits per heavy atom. The van der Waals surface area contributed by atoms with Crippen LogP contribution in [0.1, 0.15) is 42.5 Å². The number of pyridine rings is 1. The van der Waals surface area contributed by atoms with Gasteiger partial charge in [-0.25, -0.2) is 18.2 Å². The van der Waals surface area contributed by atoms with E-state index in [1.165, 1.54) is 36.7 Å². The van der Waals surface area contributed by atoms with Crippen LogP contribution in [0, 0.1) is 17.5 Å². The van der Waals surface area contributed by atoms with Crippen LogP contribution in [0.25, 0.3) is 0 Å². The van der Waals surface area contributed by atoms with Crippen molar-refractivity contribution < 1.29 is 18.0 Å². The molecule has 0 bridgehead atoms. The topological polar surface area (TPSA) is 54.0 Å². The van der Waals surface area contributed by atoms with Gasteiger partial charge in [0.1, 0.15) is 5.82 Å². The lowest BCUT2D eigenvalue weighted by atomic mass is 9.97. The van der Waals surface area contributed by atoms with Crippen LogP contribution in [0.3, 0.4) is 0 Å². The van der Waals surface area contributed by atoms with E-state index in [1.54, 1.807) is 0 Å². The van der Waals surface area contributed by atoms with Gasteiger partial charge in [-0.2, -0.15) is 0 Å². The third-order valence-electron chi connectivity index (χ3n) is 4.44. The molecule has 0 atom stereocenters. The summed E-state index contributed by atoms with van der Waals surface area (Å²) < 4.78 is 40.0. The fraction of sp³-hybridized carbons (Fsp3) is 0.300. The second-order valence-electron chi connectivity index (χ2n) is 6.39. The summed E-state index contributed by atoms with van der Waals surface area (Å²) in [6, 6.07) is 4.72. The number of nitrogens with one attached hydrogen (secondary N) is 2. The van der Waals surface area contributed by atoms with E-state index in [1.807, 2.05) is 0 Å². The van der Waals surface area contributed by atoms with Gasteiger partial charge in [0.25, 0.3) is 5.91 Å². The van der Waals surface area contributed by atoms with E-state index >= 15 is 0 Å². The molecule has 27 heavy (non-hydrogen) atoms. The normalized spacial score (nSPS) is 13.8. The van der Waals surface area contributed by atoms with Gasteiger partial charge < -0.3 is 10.6 Å². The molecule has 0 spiro atoms. The van der Waals surface area contributed by atoms with E-state index in [0.717, 1.165) is 31.4 Å². The van der Waals surface area contributed by atoms with Crippen molar-refractivity contribution in [3.05, 3.63) is 65.1 Å². The number of nitrogens with zero attached hydrogens (tertiary/aromatic N) is 1. The summed E-state index contributed by atoms with van der Waals surface area (Å²) in [6.07, 6.45) is 9.37. The molecular weight excluding hydrogens is 355 g/mol. The lowest BCUT2D eigenvalue weighted by Crippen LogP contribution is -2.15. The molecule has 0 fully saturated rings. The minimum atomic E-state index is -1.62. The molecule has 2 aromatic rings. The minimum absolute atomic E-state index is 0.230. The second-order valence-corrected chi connectivity index (χ2v) is 6.39. The third kappa shape index (κ3) is 4.87. The standard InChI is InChI=1S/C20H20F3N3O/c21-15-6-7-16(19(23)18(15)22)26-20(27)14-9-11-25-17(12-14)24-10-8-13-4-2-1-3-5-13/h4,6-7,9,11-12H,1-3,5,8,10H2,(H,24,25)(H,26,27). The van der Waals surface area contributed by atoms with Crippen LogP contribution in [0.2, 0.25) is 0 Å². The second kappa shape index (κ2) is 8.70. The van der Waals surface area contributed by atoms with Gasteiger partial charge in [0, 0.05) is 18.3 Å². The first kappa shape index (κ1) is 18.9. The van der Waals surface area contributed by atoms with E-state index in [2.05, 4.69) is 21.7 Å². The summed E-state index contributed by atoms with van der Waals surface area (Å²) >= 11 is 0. The van der Waals surface area contributed by atoms with Gasteiger partial charge in [0.15, 0.2) is 17.5 Å². The number of allylic oxidation sites excluding steroid dienone is 1. The van der Waals surface area contributed by atoms with Gasteiger partial charge in [-0.15, -0.1) is 0 Å². The highest BCUT2D eigenvalue weighted by Gasteiger charge is 2.16. The lowest BCUT2D eigenvalue weighted by molar-refractivity contribution is 0.102. The number of hydrogen-bond acceptors (Lipinski definition) is 3. The van der Waals surface area contributed by atoms with Crippen LogP contribution in [-0.4, -0.2) is 17.4 Å². The number of hydrogen-bond donors (Lipinski definition) is 2. The Morgan fingerprint density at radius 2 is 1.96 bits per heavy atom. The van der Waals surface area contributed by atoms with Crippen molar-refractivity contribution >= 4 is 17.4 Å². The van der Waals surface area contributed by atoms with Gasteiger partial charge in [-0.05, 0) is 56.4 Å². The molecule has 7 heteroatoms. The molecule has 1 aromatic heterocycles. The first-order valence-electron chi connectivity index (χ1n) is 8.87. The lowest BCUT2D eigenvalue weighted by Gasteiger charge is -2.13. The zero-order chi connectivity index (χ0) is 19.2. The Hall–Kier alpha value is -2.83. The van der Waals surface area contributed by atoms with Crippen molar-refractivity contribution in [2.24, 2.45) is 0 Å². The van der Waals surface area contributed by atoms with E-state index in [9.17, 15) is 18.0 Å². The molecule has 142 valence electrons. The van der Waals surface area contributed by atoms with Crippen molar-refractivity contribution in [1.29, 1.82) is 0 Å². The molecule has 2 N–H and O–H groups in total. The quantitative estimate of drug-likeness (QED) is 0.548. The highest BCUT2D eigenvalue weighted by molar-refractivity contribution is 6.04. The summed E-state index contributed by atoms with van der Waals surface area (Å²) in [5, 5.41) is 5.41. The van der Waals surface area contributed by atoms with Crippen LogP contribution in [-0.2, 0) is 0 Å². The molecule has 1 amide bonds. The SMILES string of the molecule is O=C(Nc1ccc(F)c(F)c1F)c1ccnc(NCCC2=CCCCC2)c1. The Balaban J connectivity index is 1.61. The van der Waals surface area contributed by atoms with Crippen LogP contribution in [0.15, 0.2) is 42.1 Å². The largest absolute Gasteiger partial charge is 0.370 e. The Bertz CT molecular complexity index is 868. The van der Waals surface area contributed by atoms with Gasteiger partial charge in [-0.1, -0.05) is 11.6 Å². The average Bonchev–Trinajstić information content (AvgIpc) is 2.69. The first-order chi connectivity index (χ1) is 13.0. The highest BCUT2D eigenvalue weighted by Crippen LogP contribution is 2.21. The number of amides is 1. The minimum Gasteiger partial charge on any atom is -0.370 e. The Labute approximate surface area is 155 Å². The first-order valence-corrected chi connectivity index (χ1v) is 8.87. The molecule has 1 aromatic carbocycles. The number of aromatic nitrogens is 1. The molecule has 0 saturated heterocycles. The maximum atomic E-state index is 13.7. The summed E-state index contributed by atoms with van der Waals surface area (Å²) in [5.41, 5.74) is 1.24. The number of anilines is 2. The summed E-state index contributed by atoms with van der Waals surface area (Å²) in [7, 11) is 0. The van der Waals surface area contributed by atoms with Gasteiger partial charge in [0.05, 0.1) is 5.69 Å². The maximum absolute atomic E-state index is 13.7. The van der Waals surface area contributed by atoms with Gasteiger partial charge >= 0.3 is 0 Å². The fourth-order valence-electron chi connectivity index (χ4n) is 2.97. The Morgan fingerprint density at radius 1 is 1.11 bits per heavy atom. The maximum Gasteiger partial charge on any atom is 0.255 e. The number of carbonyl (C=O) groups is 1. The number of benzene rings is 1. The summed E-state index contributed by atoms with van der Waals surface area (Å²) in [4.78, 5) is 16.4. The van der Waals surface area contributed by atoms with Crippen molar-refractivity contribution in [3.8, 4) is 0 Å². The number of halogens is 3. The van der Waals surface area contributed by atoms with Crippen LogP contribution < -0.4 is 10.6 Å². The number of carbonyl (C=O) groups excluding carboxylic acids is 1. The Kier molecular flexibility index (Phi) is 6.11. The molecule has 4 nitrogen and oxygen atoms in total. The van der Waals surface area contributed by atoms with E-state index in [0.29, 0.717) is 12.4 Å². The van der Waals surface area contributed by atoms with Crippen molar-refractivity contribution in [2.45, 2.75) is 32.1 Å². The van der Waals surface area contributed by atoms with Crippen molar-refractivity contribution in [2.75, 3.05) is 17.2 Å². The van der Waals surface area contributed by atoms with Gasteiger partial charge in [-0.3, -0.25) is 4.79 Å². The molecule has 3 rings (SSSR count). The predicted molar refractivity (Wildman–Crippen MR) is 98.2 cm³/mol. The van der Waals surface area contributed by atoms with E-state index in [4.69, 9.17) is 0 Å². The van der Waals surface area contributed by atoms with E-state index < -0.39 is 29.0 Å². The summed E-state index contributed by atoms with van der Waals surface area (Å²) in [6.45, 7) is 0.696. The zero-order valence-corrected chi connectivity index (χ0v) is 14.7. The molecule has 0 aliphatic heterocycles. The van der Waals surface area contributed by atoms with Gasteiger partial charge in [0.2, 0.25) is 0 Å². The molecule has 0 saturated carbocycles. The fourth-order valence-corrected chi connectivity index (χ4v) is 2.97. The smallest absolute Gasteiger partial charge is 0.255 e. The monoisotopic (exact) mass is 375 g/mol. The van der Waals surface area contributed by atoms with E-state index in [-0.39, 0.29) is 5.56 Å². The molecule has 1 aliphatic rings. The number of rotatable bonds is 6. The molecule has 1 heterocycles. The van der Waals surface area contributed by atoms with Crippen LogP contribution in [0.5, 0.6) is 0 Å². The predicted octanol–water partition coefficient (Wildman–Crippen LogP) is 5.05. The average molecular weight is 375 g/mol. The van der Waals surface area contributed by atoms with Crippen molar-refractivity contribution in [1.82, 2.24) is 4.98 Å².